The molecular weight excluding hydrogens is 741 g/mol. The Morgan fingerprint density at radius 1 is 0.561 bits per heavy atom. The topological polar surface area (TPSA) is 40.0 Å². The number of hydrogen-bond acceptors (Lipinski definition) is 6. The maximum Gasteiger partial charge on any atom is 0.341 e. The molecule has 0 radical (unpaired) electrons. The summed E-state index contributed by atoms with van der Waals surface area (Å²) in [6.07, 6.45) is 21.1. The lowest BCUT2D eigenvalue weighted by Gasteiger charge is -2.35. The number of pyridine rings is 2. The second-order valence-electron chi connectivity index (χ2n) is 16.8. The van der Waals surface area contributed by atoms with Crippen molar-refractivity contribution in [3.05, 3.63) is 131 Å². The summed E-state index contributed by atoms with van der Waals surface area (Å²) < 4.78 is 8.69. The minimum absolute atomic E-state index is 1.01. The minimum Gasteiger partial charge on any atom is -0.347 e. The van der Waals surface area contributed by atoms with Gasteiger partial charge in [-0.1, -0.05) is 59.1 Å². The van der Waals surface area contributed by atoms with Gasteiger partial charge in [-0.25, -0.2) is 9.13 Å². The van der Waals surface area contributed by atoms with E-state index in [0.29, 0.717) is 0 Å². The Morgan fingerprint density at radius 2 is 0.982 bits per heavy atom. The molecule has 8 nitrogen and oxygen atoms in total. The van der Waals surface area contributed by atoms with Gasteiger partial charge in [0.2, 0.25) is 10.0 Å². The minimum atomic E-state index is 1.01. The van der Waals surface area contributed by atoms with Crippen molar-refractivity contribution in [2.45, 2.75) is 19.3 Å². The number of benzene rings is 2. The average molecular weight is 797 g/mol. The molecule has 57 heavy (non-hydrogen) atoms. The highest BCUT2D eigenvalue weighted by Gasteiger charge is 2.24. The molecule has 0 saturated heterocycles. The number of nitrogens with zero attached hydrogens (tertiary/aromatic N) is 8. The molecule has 6 heterocycles. The Kier molecular flexibility index (Phi) is 11.2. The maximum atomic E-state index is 4.92. The normalized spacial score (nSPS) is 15.7. The van der Waals surface area contributed by atoms with Gasteiger partial charge in [-0.2, -0.15) is 0 Å². The molecule has 0 saturated carbocycles. The fourth-order valence-corrected chi connectivity index (χ4v) is 10.1. The van der Waals surface area contributed by atoms with Crippen LogP contribution in [0.4, 0.5) is 11.4 Å². The summed E-state index contributed by atoms with van der Waals surface area (Å²) >= 11 is 3.49. The molecule has 0 unspecified atom stereocenters. The van der Waals surface area contributed by atoms with E-state index in [1.807, 2.05) is 0 Å². The van der Waals surface area contributed by atoms with Crippen LogP contribution in [-0.4, -0.2) is 86.4 Å². The van der Waals surface area contributed by atoms with Crippen LogP contribution in [0.2, 0.25) is 0 Å². The summed E-state index contributed by atoms with van der Waals surface area (Å²) in [6.45, 7) is 6.69. The Balaban J connectivity index is 0.807. The Morgan fingerprint density at radius 3 is 1.42 bits per heavy atom. The van der Waals surface area contributed by atoms with E-state index in [4.69, 9.17) is 9.97 Å². The number of rotatable bonds is 14. The lowest BCUT2D eigenvalue weighted by molar-refractivity contribution is -0.909. The number of thiazole rings is 2. The van der Waals surface area contributed by atoms with E-state index in [1.54, 1.807) is 22.7 Å². The van der Waals surface area contributed by atoms with E-state index in [2.05, 4.69) is 183 Å². The van der Waals surface area contributed by atoms with Crippen LogP contribution in [0.15, 0.2) is 110 Å². The number of anilines is 2. The number of para-hydroxylation sites is 2. The molecule has 8 rings (SSSR count). The van der Waals surface area contributed by atoms with Crippen LogP contribution in [0.1, 0.15) is 40.4 Å². The molecule has 2 aliphatic heterocycles. The molecule has 4 aromatic heterocycles. The SMILES string of the molecule is C[n+]1cccc2sc(/C=C3\C=CN(CCC[N+](C)(C)CCC[N+](C)(C)CCCN4C=C/C(=C\c5nc6c(ccc[n+]6C)s5)c5ccccc54)c4ccccc43)nc21. The average Bonchev–Trinajstić information content (AvgIpc) is 3.81. The summed E-state index contributed by atoms with van der Waals surface area (Å²) in [4.78, 5) is 14.7. The first-order valence-corrected chi connectivity index (χ1v) is 21.8. The monoisotopic (exact) mass is 796 g/mol. The molecule has 2 aromatic carbocycles. The molecule has 0 fully saturated rings. The Bertz CT molecular complexity index is 2350. The van der Waals surface area contributed by atoms with Gasteiger partial charge < -0.3 is 18.8 Å². The van der Waals surface area contributed by atoms with E-state index in [1.165, 1.54) is 62.6 Å². The van der Waals surface area contributed by atoms with Crippen molar-refractivity contribution in [2.24, 2.45) is 14.1 Å². The van der Waals surface area contributed by atoms with Crippen LogP contribution >= 0.6 is 22.7 Å². The predicted molar refractivity (Wildman–Crippen MR) is 241 cm³/mol. The van der Waals surface area contributed by atoms with Crippen molar-refractivity contribution in [3.8, 4) is 0 Å². The summed E-state index contributed by atoms with van der Waals surface area (Å²) in [5.74, 6) is 0. The largest absolute Gasteiger partial charge is 0.347 e. The van der Waals surface area contributed by atoms with Crippen molar-refractivity contribution in [3.63, 3.8) is 0 Å². The van der Waals surface area contributed by atoms with Crippen LogP contribution in [0, 0.1) is 0 Å². The summed E-state index contributed by atoms with van der Waals surface area (Å²) in [6, 6.07) is 26.1. The highest BCUT2D eigenvalue weighted by molar-refractivity contribution is 7.19. The number of aromatic nitrogens is 4. The molecular formula is C47H56N8S2+4. The Labute approximate surface area is 346 Å². The number of hydrogen-bond donors (Lipinski definition) is 0. The van der Waals surface area contributed by atoms with Gasteiger partial charge in [0.05, 0.1) is 80.9 Å². The van der Waals surface area contributed by atoms with Crippen LogP contribution in [0.3, 0.4) is 0 Å². The van der Waals surface area contributed by atoms with E-state index < -0.39 is 0 Å². The lowest BCUT2D eigenvalue weighted by atomic mass is 9.99. The van der Waals surface area contributed by atoms with Gasteiger partial charge >= 0.3 is 11.3 Å². The van der Waals surface area contributed by atoms with Crippen LogP contribution in [0.25, 0.3) is 44.0 Å². The van der Waals surface area contributed by atoms with E-state index in [-0.39, 0.29) is 0 Å². The second-order valence-corrected chi connectivity index (χ2v) is 18.9. The number of allylic oxidation sites excluding steroid dienone is 4. The van der Waals surface area contributed by atoms with E-state index in [0.717, 1.165) is 69.3 Å². The molecule has 6 aromatic rings. The fourth-order valence-electron chi connectivity index (χ4n) is 8.20. The molecule has 292 valence electrons. The molecule has 0 amide bonds. The first kappa shape index (κ1) is 38.9. The maximum absolute atomic E-state index is 4.92. The zero-order valence-electron chi connectivity index (χ0n) is 34.3. The van der Waals surface area contributed by atoms with Gasteiger partial charge in [0.25, 0.3) is 0 Å². The van der Waals surface area contributed by atoms with Crippen LogP contribution in [-0.2, 0) is 14.1 Å². The first-order chi connectivity index (χ1) is 27.5. The third-order valence-electron chi connectivity index (χ3n) is 11.4. The number of aryl methyl sites for hydroxylation is 2. The molecule has 0 N–H and O–H groups in total. The van der Waals surface area contributed by atoms with Crippen LogP contribution < -0.4 is 18.9 Å². The number of fused-ring (bicyclic) bond motifs is 4. The zero-order chi connectivity index (χ0) is 39.6. The molecule has 0 atom stereocenters. The standard InChI is InChI=1S/C47H56N8S2/c1-50-24-11-20-42-46(50)48-44(56-42)34-36-22-28-52(40-18-9-7-16-38(36)40)26-13-30-54(3,4)32-15-33-55(5,6)31-14-27-53-29-23-37(39-17-8-10-19-41(39)53)35-45-49-47-43(57-45)21-12-25-51(47)2/h7-12,16-25,28-29,34-35H,13-15,26-27,30-33H2,1-6H3/q+4. The third-order valence-corrected chi connectivity index (χ3v) is 13.3. The fraction of sp³-hybridized carbons (Fsp3) is 0.319. The second kappa shape index (κ2) is 16.5. The summed E-state index contributed by atoms with van der Waals surface area (Å²) in [5, 5.41) is 2.08. The van der Waals surface area contributed by atoms with Gasteiger partial charge in [0.1, 0.15) is 9.40 Å². The molecule has 2 aliphatic rings. The van der Waals surface area contributed by atoms with Crippen molar-refractivity contribution >= 4 is 78.0 Å². The van der Waals surface area contributed by atoms with E-state index >= 15 is 0 Å². The van der Waals surface area contributed by atoms with Crippen molar-refractivity contribution in [1.29, 1.82) is 0 Å². The zero-order valence-corrected chi connectivity index (χ0v) is 35.9. The van der Waals surface area contributed by atoms with Gasteiger partial charge in [0.15, 0.2) is 0 Å². The van der Waals surface area contributed by atoms with E-state index in [9.17, 15) is 0 Å². The predicted octanol–water partition coefficient (Wildman–Crippen LogP) is 8.33. The Hall–Kier alpha value is -5.00. The molecule has 10 heteroatoms. The van der Waals surface area contributed by atoms with Crippen molar-refractivity contribution < 1.29 is 18.1 Å². The first-order valence-electron chi connectivity index (χ1n) is 20.2. The highest BCUT2D eigenvalue weighted by atomic mass is 32.1. The lowest BCUT2D eigenvalue weighted by Crippen LogP contribution is -2.47. The molecule has 0 aliphatic carbocycles. The molecule has 0 bridgehead atoms. The van der Waals surface area contributed by atoms with Gasteiger partial charge in [0, 0.05) is 79.4 Å². The number of quaternary nitrogens is 2. The van der Waals surface area contributed by atoms with Crippen LogP contribution in [0.5, 0.6) is 0 Å². The van der Waals surface area contributed by atoms with Crippen molar-refractivity contribution in [1.82, 2.24) is 9.97 Å². The molecule has 0 spiro atoms. The smallest absolute Gasteiger partial charge is 0.341 e. The van der Waals surface area contributed by atoms with Gasteiger partial charge in [-0.15, -0.1) is 0 Å². The quantitative estimate of drug-likeness (QED) is 0.0822. The van der Waals surface area contributed by atoms with Gasteiger partial charge in [-0.05, 0) is 69.7 Å². The third kappa shape index (κ3) is 8.95. The summed E-state index contributed by atoms with van der Waals surface area (Å²) in [5.41, 5.74) is 9.60. The summed E-state index contributed by atoms with van der Waals surface area (Å²) in [7, 11) is 13.7. The van der Waals surface area contributed by atoms with Crippen molar-refractivity contribution in [2.75, 3.05) is 77.3 Å². The van der Waals surface area contributed by atoms with Gasteiger partial charge in [-0.3, -0.25) is 0 Å². The highest BCUT2D eigenvalue weighted by Crippen LogP contribution is 2.36.